The van der Waals surface area contributed by atoms with E-state index in [1.54, 1.807) is 22.8 Å². The van der Waals surface area contributed by atoms with Gasteiger partial charge in [-0.1, -0.05) is 42.8 Å². The summed E-state index contributed by atoms with van der Waals surface area (Å²) in [6, 6.07) is 14.3. The lowest BCUT2D eigenvalue weighted by Crippen LogP contribution is -2.28. The topological polar surface area (TPSA) is 60.9 Å². The van der Waals surface area contributed by atoms with Gasteiger partial charge in [0.1, 0.15) is 5.82 Å². The molecule has 0 amide bonds. The van der Waals surface area contributed by atoms with E-state index in [0.717, 1.165) is 5.69 Å². The second-order valence-electron chi connectivity index (χ2n) is 5.09. The van der Waals surface area contributed by atoms with Crippen LogP contribution in [0, 0.1) is 0 Å². The molecule has 1 atom stereocenters. The molecule has 5 heteroatoms. The Kier molecular flexibility index (Phi) is 3.96. The summed E-state index contributed by atoms with van der Waals surface area (Å²) >= 11 is 6.20. The molecule has 1 aromatic heterocycles. The molecule has 3 aromatic rings. The fraction of sp³-hybridized carbons (Fsp3) is 0.176. The third kappa shape index (κ3) is 2.40. The Bertz CT molecular complexity index is 874. The molecule has 0 saturated heterocycles. The van der Waals surface area contributed by atoms with E-state index in [2.05, 4.69) is 4.98 Å². The van der Waals surface area contributed by atoms with Crippen LogP contribution in [0.4, 0.5) is 0 Å². The zero-order chi connectivity index (χ0) is 15.7. The van der Waals surface area contributed by atoms with Crippen LogP contribution in [0.2, 0.25) is 5.02 Å². The van der Waals surface area contributed by atoms with Gasteiger partial charge >= 0.3 is 0 Å². The van der Waals surface area contributed by atoms with Crippen molar-refractivity contribution in [3.63, 3.8) is 0 Å². The lowest BCUT2D eigenvalue weighted by Gasteiger charge is -2.17. The van der Waals surface area contributed by atoms with Crippen LogP contribution >= 0.6 is 11.6 Å². The number of hydrogen-bond acceptors (Lipinski definition) is 3. The number of para-hydroxylation sites is 1. The van der Waals surface area contributed by atoms with Gasteiger partial charge in [0.2, 0.25) is 0 Å². The second-order valence-corrected chi connectivity index (χ2v) is 5.50. The van der Waals surface area contributed by atoms with Gasteiger partial charge in [0, 0.05) is 0 Å². The maximum absolute atomic E-state index is 13.0. The van der Waals surface area contributed by atoms with Crippen LogP contribution < -0.4 is 11.3 Å². The highest BCUT2D eigenvalue weighted by Gasteiger charge is 2.18. The number of benzene rings is 2. The van der Waals surface area contributed by atoms with Crippen molar-refractivity contribution in [1.29, 1.82) is 0 Å². The molecule has 0 fully saturated rings. The first kappa shape index (κ1) is 14.8. The standard InChI is InChI=1S/C17H16ClN3O/c1-2-13(19)16-20-14-10-6-9-12(18)15(14)17(22)21(16)11-7-4-3-5-8-11/h3-10,13H,2,19H2,1H3. The van der Waals surface area contributed by atoms with Crippen LogP contribution in [0.1, 0.15) is 25.2 Å². The van der Waals surface area contributed by atoms with E-state index < -0.39 is 0 Å². The Morgan fingerprint density at radius 3 is 2.59 bits per heavy atom. The Labute approximate surface area is 133 Å². The third-order valence-corrected chi connectivity index (χ3v) is 3.97. The maximum Gasteiger partial charge on any atom is 0.267 e. The Balaban J connectivity index is 2.44. The summed E-state index contributed by atoms with van der Waals surface area (Å²) < 4.78 is 1.56. The molecular formula is C17H16ClN3O. The molecule has 4 nitrogen and oxygen atoms in total. The molecule has 3 rings (SSSR count). The van der Waals surface area contributed by atoms with E-state index in [0.29, 0.717) is 28.2 Å². The van der Waals surface area contributed by atoms with Crippen molar-refractivity contribution in [3.05, 3.63) is 69.7 Å². The summed E-state index contributed by atoms with van der Waals surface area (Å²) in [7, 11) is 0. The van der Waals surface area contributed by atoms with E-state index in [-0.39, 0.29) is 11.6 Å². The molecule has 0 aliphatic carbocycles. The minimum atomic E-state index is -0.323. The number of rotatable bonds is 3. The van der Waals surface area contributed by atoms with Gasteiger partial charge < -0.3 is 5.73 Å². The largest absolute Gasteiger partial charge is 0.321 e. The lowest BCUT2D eigenvalue weighted by molar-refractivity contribution is 0.623. The molecule has 0 aliphatic rings. The summed E-state index contributed by atoms with van der Waals surface area (Å²) in [4.78, 5) is 17.6. The lowest BCUT2D eigenvalue weighted by atomic mass is 10.1. The normalized spacial score (nSPS) is 12.5. The highest BCUT2D eigenvalue weighted by Crippen LogP contribution is 2.22. The maximum atomic E-state index is 13.0. The van der Waals surface area contributed by atoms with E-state index in [9.17, 15) is 4.79 Å². The molecule has 0 saturated carbocycles. The first-order valence-electron chi connectivity index (χ1n) is 7.15. The smallest absolute Gasteiger partial charge is 0.267 e. The fourth-order valence-corrected chi connectivity index (χ4v) is 2.72. The first-order chi connectivity index (χ1) is 10.6. The summed E-state index contributed by atoms with van der Waals surface area (Å²) in [5, 5.41) is 0.816. The van der Waals surface area contributed by atoms with Crippen molar-refractivity contribution in [1.82, 2.24) is 9.55 Å². The summed E-state index contributed by atoms with van der Waals surface area (Å²) in [6.45, 7) is 1.97. The average Bonchev–Trinajstić information content (AvgIpc) is 2.54. The predicted octanol–water partition coefficient (Wildman–Crippen LogP) is 3.45. The monoisotopic (exact) mass is 313 g/mol. The van der Waals surface area contributed by atoms with Crippen molar-refractivity contribution in [3.8, 4) is 5.69 Å². The number of nitrogens with zero attached hydrogens (tertiary/aromatic N) is 2. The second kappa shape index (κ2) is 5.91. The minimum absolute atomic E-state index is 0.194. The molecular weight excluding hydrogens is 298 g/mol. The Hall–Kier alpha value is -2.17. The summed E-state index contributed by atoms with van der Waals surface area (Å²) in [5.74, 6) is 0.550. The number of nitrogens with two attached hydrogens (primary N) is 1. The predicted molar refractivity (Wildman–Crippen MR) is 89.6 cm³/mol. The molecule has 2 N–H and O–H groups in total. The molecule has 1 heterocycles. The number of hydrogen-bond donors (Lipinski definition) is 1. The van der Waals surface area contributed by atoms with Crippen molar-refractivity contribution in [2.75, 3.05) is 0 Å². The minimum Gasteiger partial charge on any atom is -0.321 e. The molecule has 0 aliphatic heterocycles. The highest BCUT2D eigenvalue weighted by molar-refractivity contribution is 6.35. The zero-order valence-corrected chi connectivity index (χ0v) is 12.9. The highest BCUT2D eigenvalue weighted by atomic mass is 35.5. The van der Waals surface area contributed by atoms with Gasteiger partial charge in [0.25, 0.3) is 5.56 Å². The SMILES string of the molecule is CCC(N)c1nc2cccc(Cl)c2c(=O)n1-c1ccccc1. The van der Waals surface area contributed by atoms with Crippen molar-refractivity contribution >= 4 is 22.5 Å². The van der Waals surface area contributed by atoms with Gasteiger partial charge in [-0.2, -0.15) is 0 Å². The summed E-state index contributed by atoms with van der Waals surface area (Å²) in [6.07, 6.45) is 0.686. The number of fused-ring (bicyclic) bond motifs is 1. The molecule has 112 valence electrons. The van der Waals surface area contributed by atoms with E-state index in [4.69, 9.17) is 17.3 Å². The third-order valence-electron chi connectivity index (χ3n) is 3.66. The number of aromatic nitrogens is 2. The van der Waals surface area contributed by atoms with Gasteiger partial charge in [0.15, 0.2) is 0 Å². The molecule has 22 heavy (non-hydrogen) atoms. The van der Waals surface area contributed by atoms with E-state index in [1.807, 2.05) is 37.3 Å². The summed E-state index contributed by atoms with van der Waals surface area (Å²) in [5.41, 5.74) is 7.29. The molecule has 0 radical (unpaired) electrons. The molecule has 0 bridgehead atoms. The van der Waals surface area contributed by atoms with Crippen LogP contribution in [0.25, 0.3) is 16.6 Å². The van der Waals surface area contributed by atoms with Gasteiger partial charge in [-0.25, -0.2) is 4.98 Å². The van der Waals surface area contributed by atoms with Crippen LogP contribution in [-0.4, -0.2) is 9.55 Å². The van der Waals surface area contributed by atoms with Crippen molar-refractivity contribution in [2.45, 2.75) is 19.4 Å². The van der Waals surface area contributed by atoms with Crippen LogP contribution in [0.5, 0.6) is 0 Å². The zero-order valence-electron chi connectivity index (χ0n) is 12.2. The van der Waals surface area contributed by atoms with E-state index >= 15 is 0 Å². The Morgan fingerprint density at radius 1 is 1.18 bits per heavy atom. The fourth-order valence-electron chi connectivity index (χ4n) is 2.46. The first-order valence-corrected chi connectivity index (χ1v) is 7.53. The van der Waals surface area contributed by atoms with Crippen LogP contribution in [0.3, 0.4) is 0 Å². The van der Waals surface area contributed by atoms with Crippen molar-refractivity contribution in [2.24, 2.45) is 5.73 Å². The molecule has 0 spiro atoms. The van der Waals surface area contributed by atoms with Gasteiger partial charge in [-0.3, -0.25) is 9.36 Å². The number of halogens is 1. The van der Waals surface area contributed by atoms with Gasteiger partial charge in [-0.05, 0) is 30.7 Å². The van der Waals surface area contributed by atoms with E-state index in [1.165, 1.54) is 0 Å². The van der Waals surface area contributed by atoms with Gasteiger partial charge in [-0.15, -0.1) is 0 Å². The average molecular weight is 314 g/mol. The van der Waals surface area contributed by atoms with Gasteiger partial charge in [0.05, 0.1) is 27.7 Å². The quantitative estimate of drug-likeness (QED) is 0.805. The molecule has 1 unspecified atom stereocenters. The Morgan fingerprint density at radius 2 is 1.91 bits per heavy atom. The molecule has 2 aromatic carbocycles. The van der Waals surface area contributed by atoms with Crippen LogP contribution in [0.15, 0.2) is 53.3 Å². The van der Waals surface area contributed by atoms with Crippen LogP contribution in [-0.2, 0) is 0 Å². The van der Waals surface area contributed by atoms with Crippen molar-refractivity contribution < 1.29 is 0 Å².